The minimum Gasteiger partial charge on any atom is -0.468 e. The fraction of sp³-hybridized carbons (Fsp3) is 0.533. The Balaban J connectivity index is 2.35. The van der Waals surface area contributed by atoms with Gasteiger partial charge in [-0.25, -0.2) is 0 Å². The quantitative estimate of drug-likeness (QED) is 0.322. The second-order valence-corrected chi connectivity index (χ2v) is 5.44. The van der Waals surface area contributed by atoms with Gasteiger partial charge in [0.15, 0.2) is 0 Å². The van der Waals surface area contributed by atoms with Crippen molar-refractivity contribution < 1.29 is 19.6 Å². The third kappa shape index (κ3) is 6.15. The predicted octanol–water partition coefficient (Wildman–Crippen LogP) is -0.531. The van der Waals surface area contributed by atoms with Gasteiger partial charge in [-0.2, -0.15) is 0 Å². The Labute approximate surface area is 132 Å². The molecule has 0 spiro atoms. The summed E-state index contributed by atoms with van der Waals surface area (Å²) in [6.45, 7) is 1.47. The first-order valence-electron chi connectivity index (χ1n) is 7.41. The number of carbonyl (C=O) groups is 1. The molecular weight excluding hydrogens is 283 g/mol. The topological polar surface area (TPSA) is 96.0 Å². The van der Waals surface area contributed by atoms with Crippen molar-refractivity contribution in [1.82, 2.24) is 4.90 Å². The van der Waals surface area contributed by atoms with Gasteiger partial charge in [0.05, 0.1) is 7.11 Å². The molecule has 1 atom stereocenters. The summed E-state index contributed by atoms with van der Waals surface area (Å²) in [5, 5.41) is 18.7. The van der Waals surface area contributed by atoms with Crippen LogP contribution < -0.4 is 11.2 Å². The first kappa shape index (κ1) is 18.6. The summed E-state index contributed by atoms with van der Waals surface area (Å²) in [6.07, 6.45) is 2.35. The number of carbonyl (C=O) groups excluding carboxylic acids is 1. The van der Waals surface area contributed by atoms with Crippen molar-refractivity contribution in [3.63, 3.8) is 0 Å². The van der Waals surface area contributed by atoms with Gasteiger partial charge in [-0.15, -0.1) is 0 Å². The Morgan fingerprint density at radius 3 is 2.68 bits per heavy atom. The number of unbranched alkanes of at least 4 members (excludes halogenated alkanes) is 1. The molecule has 22 heavy (non-hydrogen) atoms. The van der Waals surface area contributed by atoms with E-state index in [1.54, 1.807) is 12.1 Å². The molecule has 1 unspecified atom stereocenters. The van der Waals surface area contributed by atoms with E-state index in [9.17, 15) is 14.8 Å². The highest BCUT2D eigenvalue weighted by Gasteiger charge is 2.16. The van der Waals surface area contributed by atoms with E-state index in [1.807, 2.05) is 19.2 Å². The molecule has 1 aromatic rings. The van der Waals surface area contributed by atoms with Gasteiger partial charge in [0.1, 0.15) is 6.04 Å². The highest BCUT2D eigenvalue weighted by Crippen LogP contribution is 2.05. The Morgan fingerprint density at radius 2 is 2.05 bits per heavy atom. The molecule has 0 radical (unpaired) electrons. The van der Waals surface area contributed by atoms with Crippen LogP contribution in [0.15, 0.2) is 24.3 Å². The molecule has 0 aromatic heterocycles. The molecule has 0 aliphatic heterocycles. The van der Waals surface area contributed by atoms with Gasteiger partial charge in [-0.3, -0.25) is 4.79 Å². The maximum atomic E-state index is 11.2. The lowest BCUT2D eigenvalue weighted by molar-refractivity contribution is -0.142. The van der Waals surface area contributed by atoms with Crippen molar-refractivity contribution in [2.24, 2.45) is 5.73 Å². The lowest BCUT2D eigenvalue weighted by Crippen LogP contribution is -2.35. The minimum absolute atomic E-state index is 0.376. The molecule has 0 aliphatic rings. The standard InChI is InChI=1S/C15H25BN2O4/c1-18(10-6-5-9-14(17)15(19)22-2)11-12-7-3-4-8-13(12)16(20)21/h3-4,7-8,14,20-21H,5-6,9-11,17H2,1-2H3. The number of nitrogens with two attached hydrogens (primary N) is 1. The number of benzene rings is 1. The van der Waals surface area contributed by atoms with Crippen LogP contribution in [0, 0.1) is 0 Å². The number of ether oxygens (including phenoxy) is 1. The summed E-state index contributed by atoms with van der Waals surface area (Å²) in [5.74, 6) is -0.376. The van der Waals surface area contributed by atoms with Gasteiger partial charge in [-0.05, 0) is 37.5 Å². The van der Waals surface area contributed by atoms with Crippen LogP contribution in [0.4, 0.5) is 0 Å². The maximum Gasteiger partial charge on any atom is 0.488 e. The minimum atomic E-state index is -1.46. The molecule has 122 valence electrons. The zero-order valence-corrected chi connectivity index (χ0v) is 13.2. The van der Waals surface area contributed by atoms with Gasteiger partial charge >= 0.3 is 13.1 Å². The lowest BCUT2D eigenvalue weighted by atomic mass is 9.77. The summed E-state index contributed by atoms with van der Waals surface area (Å²) in [7, 11) is 1.85. The fourth-order valence-electron chi connectivity index (χ4n) is 2.32. The van der Waals surface area contributed by atoms with Crippen molar-refractivity contribution >= 4 is 18.6 Å². The summed E-state index contributed by atoms with van der Waals surface area (Å²) < 4.78 is 4.58. The first-order valence-corrected chi connectivity index (χ1v) is 7.41. The highest BCUT2D eigenvalue weighted by atomic mass is 16.5. The zero-order valence-electron chi connectivity index (χ0n) is 13.2. The van der Waals surface area contributed by atoms with E-state index < -0.39 is 13.2 Å². The first-order chi connectivity index (χ1) is 10.5. The molecule has 4 N–H and O–H groups in total. The van der Waals surface area contributed by atoms with Gasteiger partial charge in [0, 0.05) is 6.54 Å². The van der Waals surface area contributed by atoms with Crippen molar-refractivity contribution in [3.8, 4) is 0 Å². The maximum absolute atomic E-state index is 11.2. The molecule has 6 nitrogen and oxygen atoms in total. The monoisotopic (exact) mass is 308 g/mol. The average Bonchev–Trinajstić information content (AvgIpc) is 2.50. The molecule has 0 saturated carbocycles. The van der Waals surface area contributed by atoms with E-state index in [-0.39, 0.29) is 5.97 Å². The van der Waals surface area contributed by atoms with Crippen molar-refractivity contribution in [1.29, 1.82) is 0 Å². The Hall–Kier alpha value is -1.41. The van der Waals surface area contributed by atoms with E-state index in [1.165, 1.54) is 7.11 Å². The van der Waals surface area contributed by atoms with Crippen molar-refractivity contribution in [3.05, 3.63) is 29.8 Å². The van der Waals surface area contributed by atoms with Crippen molar-refractivity contribution in [2.45, 2.75) is 31.8 Å². The summed E-state index contributed by atoms with van der Waals surface area (Å²) in [6, 6.07) is 6.71. The Bertz CT molecular complexity index is 471. The number of hydrogen-bond acceptors (Lipinski definition) is 6. The number of nitrogens with zero attached hydrogens (tertiary/aromatic N) is 1. The summed E-state index contributed by atoms with van der Waals surface area (Å²) >= 11 is 0. The highest BCUT2D eigenvalue weighted by molar-refractivity contribution is 6.59. The van der Waals surface area contributed by atoms with Crippen LogP contribution in [0.25, 0.3) is 0 Å². The second-order valence-electron chi connectivity index (χ2n) is 5.44. The average molecular weight is 308 g/mol. The van der Waals surface area contributed by atoms with Crippen LogP contribution in [0.1, 0.15) is 24.8 Å². The third-order valence-corrected chi connectivity index (χ3v) is 3.58. The van der Waals surface area contributed by atoms with Crippen LogP contribution in [0.2, 0.25) is 0 Å². The van der Waals surface area contributed by atoms with Crippen molar-refractivity contribution in [2.75, 3.05) is 20.7 Å². The largest absolute Gasteiger partial charge is 0.488 e. The van der Waals surface area contributed by atoms with E-state index in [4.69, 9.17) is 5.73 Å². The molecule has 7 heteroatoms. The Kier molecular flexibility index (Phi) is 8.12. The SMILES string of the molecule is COC(=O)C(N)CCCCN(C)Cc1ccccc1B(O)O. The Morgan fingerprint density at radius 1 is 1.36 bits per heavy atom. The van der Waals surface area contributed by atoms with Gasteiger partial charge < -0.3 is 25.4 Å². The van der Waals surface area contributed by atoms with Crippen LogP contribution in [-0.2, 0) is 16.1 Å². The molecule has 0 saturated heterocycles. The molecular formula is C15H25BN2O4. The van der Waals surface area contributed by atoms with E-state index >= 15 is 0 Å². The summed E-state index contributed by atoms with van der Waals surface area (Å²) in [5.41, 5.74) is 7.10. The number of rotatable bonds is 9. The number of hydrogen-bond donors (Lipinski definition) is 3. The number of methoxy groups -OCH3 is 1. The molecule has 1 aromatic carbocycles. The van der Waals surface area contributed by atoms with Crippen LogP contribution in [0.5, 0.6) is 0 Å². The van der Waals surface area contributed by atoms with Gasteiger partial charge in [0.25, 0.3) is 0 Å². The fourth-order valence-corrected chi connectivity index (χ4v) is 2.32. The predicted molar refractivity (Wildman–Crippen MR) is 86.4 cm³/mol. The molecule has 0 amide bonds. The third-order valence-electron chi connectivity index (χ3n) is 3.58. The van der Waals surface area contributed by atoms with E-state index in [2.05, 4.69) is 9.64 Å². The zero-order chi connectivity index (χ0) is 16.5. The molecule has 0 heterocycles. The van der Waals surface area contributed by atoms with Gasteiger partial charge in [-0.1, -0.05) is 30.7 Å². The summed E-state index contributed by atoms with van der Waals surface area (Å²) in [4.78, 5) is 13.3. The van der Waals surface area contributed by atoms with E-state index in [0.717, 1.165) is 24.9 Å². The number of esters is 1. The van der Waals surface area contributed by atoms with E-state index in [0.29, 0.717) is 18.4 Å². The van der Waals surface area contributed by atoms with Crippen LogP contribution in [-0.4, -0.2) is 54.8 Å². The lowest BCUT2D eigenvalue weighted by Gasteiger charge is -2.19. The molecule has 0 fully saturated rings. The molecule has 0 aliphatic carbocycles. The van der Waals surface area contributed by atoms with Crippen LogP contribution >= 0.6 is 0 Å². The smallest absolute Gasteiger partial charge is 0.468 e. The van der Waals surface area contributed by atoms with Crippen LogP contribution in [0.3, 0.4) is 0 Å². The normalized spacial score (nSPS) is 12.3. The molecule has 0 bridgehead atoms. The molecule has 1 rings (SSSR count). The second kappa shape index (κ2) is 9.58. The van der Waals surface area contributed by atoms with Gasteiger partial charge in [0.2, 0.25) is 0 Å².